The average molecular weight is 293 g/mol. The first-order chi connectivity index (χ1) is 9.98. The molecule has 2 rings (SSSR count). The van der Waals surface area contributed by atoms with Gasteiger partial charge >= 0.3 is 5.97 Å². The van der Waals surface area contributed by atoms with Gasteiger partial charge in [-0.05, 0) is 45.4 Å². The molecule has 1 N–H and O–H groups in total. The predicted molar refractivity (Wildman–Crippen MR) is 81.0 cm³/mol. The van der Waals surface area contributed by atoms with Crippen LogP contribution in [0.15, 0.2) is 6.33 Å². The van der Waals surface area contributed by atoms with Crippen molar-refractivity contribution in [2.45, 2.75) is 71.8 Å². The fourth-order valence-corrected chi connectivity index (χ4v) is 3.53. The molecule has 5 nitrogen and oxygen atoms in total. The van der Waals surface area contributed by atoms with Crippen LogP contribution in [0.3, 0.4) is 0 Å². The third kappa shape index (κ3) is 3.44. The van der Waals surface area contributed by atoms with Crippen LogP contribution in [0.2, 0.25) is 0 Å². The van der Waals surface area contributed by atoms with Crippen LogP contribution in [-0.2, 0) is 11.2 Å². The second-order valence-corrected chi connectivity index (χ2v) is 6.71. The van der Waals surface area contributed by atoms with E-state index >= 15 is 0 Å². The second kappa shape index (κ2) is 6.58. The molecule has 0 atom stereocenters. The summed E-state index contributed by atoms with van der Waals surface area (Å²) in [7, 11) is 0. The Balaban J connectivity index is 2.13. The Labute approximate surface area is 126 Å². The zero-order valence-corrected chi connectivity index (χ0v) is 13.4. The Morgan fingerprint density at radius 3 is 2.67 bits per heavy atom. The highest BCUT2D eigenvalue weighted by Gasteiger charge is 2.43. The average Bonchev–Trinajstić information content (AvgIpc) is 2.89. The van der Waals surface area contributed by atoms with Gasteiger partial charge in [-0.2, -0.15) is 5.10 Å². The number of carboxylic acids is 1. The summed E-state index contributed by atoms with van der Waals surface area (Å²) in [6, 6.07) is 0.213. The monoisotopic (exact) mass is 293 g/mol. The molecule has 0 bridgehead atoms. The van der Waals surface area contributed by atoms with Crippen molar-refractivity contribution in [1.82, 2.24) is 14.8 Å². The molecule has 1 aromatic rings. The standard InChI is InChI=1S/C16H27N3O2/c1-4-5-13-6-8-16(9-7-13,15(20)21)10-14-17-11-18-19(14)12(2)3/h11-13H,4-10H2,1-3H3,(H,20,21). The van der Waals surface area contributed by atoms with Gasteiger partial charge in [-0.15, -0.1) is 0 Å². The van der Waals surface area contributed by atoms with Crippen molar-refractivity contribution in [1.29, 1.82) is 0 Å². The Bertz CT molecular complexity index is 474. The van der Waals surface area contributed by atoms with Gasteiger partial charge < -0.3 is 5.11 Å². The minimum Gasteiger partial charge on any atom is -0.481 e. The number of nitrogens with zero attached hydrogens (tertiary/aromatic N) is 3. The summed E-state index contributed by atoms with van der Waals surface area (Å²) in [5.41, 5.74) is -0.649. The maximum atomic E-state index is 11.9. The highest BCUT2D eigenvalue weighted by atomic mass is 16.4. The second-order valence-electron chi connectivity index (χ2n) is 6.71. The molecule has 1 saturated carbocycles. The molecule has 1 aliphatic rings. The molecule has 0 unspecified atom stereocenters. The first-order valence-electron chi connectivity index (χ1n) is 8.10. The Kier molecular flexibility index (Phi) is 5.01. The highest BCUT2D eigenvalue weighted by Crippen LogP contribution is 2.43. The highest BCUT2D eigenvalue weighted by molar-refractivity contribution is 5.75. The molecule has 0 aromatic carbocycles. The summed E-state index contributed by atoms with van der Waals surface area (Å²) in [5, 5.41) is 14.0. The van der Waals surface area contributed by atoms with Crippen molar-refractivity contribution < 1.29 is 9.90 Å². The molecule has 0 spiro atoms. The lowest BCUT2D eigenvalue weighted by molar-refractivity contribution is -0.151. The summed E-state index contributed by atoms with van der Waals surface area (Å²) < 4.78 is 1.85. The molecule has 118 valence electrons. The summed E-state index contributed by atoms with van der Waals surface area (Å²) in [6.45, 7) is 6.29. The fraction of sp³-hybridized carbons (Fsp3) is 0.812. The molecule has 0 saturated heterocycles. The maximum absolute atomic E-state index is 11.9. The Morgan fingerprint density at radius 2 is 2.14 bits per heavy atom. The zero-order chi connectivity index (χ0) is 15.5. The lowest BCUT2D eigenvalue weighted by atomic mass is 9.67. The number of aromatic nitrogens is 3. The van der Waals surface area contributed by atoms with Gasteiger partial charge in [0.05, 0.1) is 5.41 Å². The minimum absolute atomic E-state index is 0.213. The molecule has 0 aliphatic heterocycles. The van der Waals surface area contributed by atoms with Crippen molar-refractivity contribution >= 4 is 5.97 Å². The van der Waals surface area contributed by atoms with Gasteiger partial charge in [0.2, 0.25) is 0 Å². The quantitative estimate of drug-likeness (QED) is 0.872. The zero-order valence-electron chi connectivity index (χ0n) is 13.4. The lowest BCUT2D eigenvalue weighted by Gasteiger charge is -2.36. The number of aliphatic carboxylic acids is 1. The lowest BCUT2D eigenvalue weighted by Crippen LogP contribution is -2.38. The minimum atomic E-state index is -0.671. The Morgan fingerprint density at radius 1 is 1.48 bits per heavy atom. The van der Waals surface area contributed by atoms with Crippen molar-refractivity contribution in [3.63, 3.8) is 0 Å². The van der Waals surface area contributed by atoms with Gasteiger partial charge in [0.15, 0.2) is 0 Å². The smallest absolute Gasteiger partial charge is 0.310 e. The van der Waals surface area contributed by atoms with Gasteiger partial charge in [-0.1, -0.05) is 19.8 Å². The normalized spacial score (nSPS) is 26.2. The molecule has 0 amide bonds. The van der Waals surface area contributed by atoms with E-state index in [1.807, 2.05) is 18.5 Å². The van der Waals surface area contributed by atoms with Gasteiger partial charge in [0.1, 0.15) is 12.2 Å². The van der Waals surface area contributed by atoms with Crippen molar-refractivity contribution in [3.8, 4) is 0 Å². The summed E-state index contributed by atoms with van der Waals surface area (Å²) in [6.07, 6.45) is 8.01. The molecule has 1 fully saturated rings. The maximum Gasteiger partial charge on any atom is 0.310 e. The third-order valence-electron chi connectivity index (χ3n) is 4.85. The van der Waals surface area contributed by atoms with E-state index in [4.69, 9.17) is 0 Å². The van der Waals surface area contributed by atoms with E-state index < -0.39 is 11.4 Å². The molecular formula is C16H27N3O2. The van der Waals surface area contributed by atoms with Crippen LogP contribution in [0.4, 0.5) is 0 Å². The molecule has 1 heterocycles. The van der Waals surface area contributed by atoms with Gasteiger partial charge in [-0.3, -0.25) is 4.79 Å². The molecule has 0 radical (unpaired) electrons. The van der Waals surface area contributed by atoms with E-state index in [-0.39, 0.29) is 6.04 Å². The van der Waals surface area contributed by atoms with Crippen LogP contribution >= 0.6 is 0 Å². The number of carbonyl (C=O) groups is 1. The van der Waals surface area contributed by atoms with E-state index in [1.165, 1.54) is 19.2 Å². The van der Waals surface area contributed by atoms with Crippen LogP contribution in [-0.4, -0.2) is 25.8 Å². The SMILES string of the molecule is CCCC1CCC(Cc2ncnn2C(C)C)(C(=O)O)CC1. The van der Waals surface area contributed by atoms with E-state index in [0.717, 1.165) is 31.5 Å². The number of rotatable bonds is 6. The summed E-state index contributed by atoms with van der Waals surface area (Å²) in [4.78, 5) is 16.2. The predicted octanol–water partition coefficient (Wildman–Crippen LogP) is 3.46. The molecule has 1 aromatic heterocycles. The van der Waals surface area contributed by atoms with Crippen LogP contribution in [0.25, 0.3) is 0 Å². The van der Waals surface area contributed by atoms with Crippen LogP contribution in [0.5, 0.6) is 0 Å². The molecule has 5 heteroatoms. The Hall–Kier alpha value is -1.39. The van der Waals surface area contributed by atoms with Crippen LogP contribution < -0.4 is 0 Å². The molecule has 1 aliphatic carbocycles. The van der Waals surface area contributed by atoms with Crippen molar-refractivity contribution in [2.75, 3.05) is 0 Å². The topological polar surface area (TPSA) is 68.0 Å². The molecule has 21 heavy (non-hydrogen) atoms. The van der Waals surface area contributed by atoms with Crippen LogP contribution in [0, 0.1) is 11.3 Å². The summed E-state index contributed by atoms with van der Waals surface area (Å²) >= 11 is 0. The van der Waals surface area contributed by atoms with E-state index in [1.54, 1.807) is 0 Å². The first-order valence-corrected chi connectivity index (χ1v) is 8.10. The van der Waals surface area contributed by atoms with Crippen molar-refractivity contribution in [3.05, 3.63) is 12.2 Å². The van der Waals surface area contributed by atoms with Gasteiger partial charge in [-0.25, -0.2) is 9.67 Å². The van der Waals surface area contributed by atoms with Crippen LogP contribution in [0.1, 0.15) is 71.2 Å². The summed E-state index contributed by atoms with van der Waals surface area (Å²) in [5.74, 6) is 0.836. The van der Waals surface area contributed by atoms with E-state index in [9.17, 15) is 9.90 Å². The first kappa shape index (κ1) is 16.0. The van der Waals surface area contributed by atoms with Gasteiger partial charge in [0, 0.05) is 12.5 Å². The van der Waals surface area contributed by atoms with E-state index in [0.29, 0.717) is 12.3 Å². The fourth-order valence-electron chi connectivity index (χ4n) is 3.53. The largest absolute Gasteiger partial charge is 0.481 e. The third-order valence-corrected chi connectivity index (χ3v) is 4.85. The number of carboxylic acid groups (broad SMARTS) is 1. The van der Waals surface area contributed by atoms with Gasteiger partial charge in [0.25, 0.3) is 0 Å². The number of hydrogen-bond acceptors (Lipinski definition) is 3. The van der Waals surface area contributed by atoms with E-state index in [2.05, 4.69) is 17.0 Å². The number of hydrogen-bond donors (Lipinski definition) is 1. The van der Waals surface area contributed by atoms with Crippen molar-refractivity contribution in [2.24, 2.45) is 11.3 Å². The molecular weight excluding hydrogens is 266 g/mol.